The minimum Gasteiger partial charge on any atom is -0.336 e. The zero-order valence-corrected chi connectivity index (χ0v) is 10.8. The van der Waals surface area contributed by atoms with Crippen molar-refractivity contribution < 1.29 is 4.79 Å². The maximum Gasteiger partial charge on any atom is 0.265 e. The second-order valence-electron chi connectivity index (χ2n) is 3.95. The van der Waals surface area contributed by atoms with Crippen molar-refractivity contribution in [3.8, 4) is 0 Å². The third-order valence-corrected chi connectivity index (χ3v) is 4.59. The fourth-order valence-corrected chi connectivity index (χ4v) is 3.26. The van der Waals surface area contributed by atoms with E-state index >= 15 is 0 Å². The van der Waals surface area contributed by atoms with Gasteiger partial charge >= 0.3 is 0 Å². The van der Waals surface area contributed by atoms with Crippen LogP contribution in [0.4, 0.5) is 0 Å². The quantitative estimate of drug-likeness (QED) is 0.858. The maximum atomic E-state index is 12.1. The van der Waals surface area contributed by atoms with Gasteiger partial charge in [-0.15, -0.1) is 11.3 Å². The van der Waals surface area contributed by atoms with Crippen LogP contribution in [0.15, 0.2) is 15.9 Å². The molecule has 0 saturated carbocycles. The number of amides is 1. The van der Waals surface area contributed by atoms with Gasteiger partial charge in [0.25, 0.3) is 5.91 Å². The summed E-state index contributed by atoms with van der Waals surface area (Å²) >= 11 is 4.84. The van der Waals surface area contributed by atoms with Crippen molar-refractivity contribution in [1.29, 1.82) is 0 Å². The second-order valence-corrected chi connectivity index (χ2v) is 5.72. The maximum absolute atomic E-state index is 12.1. The number of rotatable bonds is 1. The van der Waals surface area contributed by atoms with Crippen LogP contribution in [0.25, 0.3) is 0 Å². The molecule has 1 fully saturated rings. The zero-order chi connectivity index (χ0) is 11.0. The largest absolute Gasteiger partial charge is 0.336 e. The van der Waals surface area contributed by atoms with E-state index in [1.54, 1.807) is 0 Å². The Morgan fingerprint density at radius 3 is 2.87 bits per heavy atom. The van der Waals surface area contributed by atoms with Gasteiger partial charge in [0, 0.05) is 23.6 Å². The third kappa shape index (κ3) is 2.09. The molecule has 0 bridgehead atoms. The summed E-state index contributed by atoms with van der Waals surface area (Å²) in [6, 6.07) is 2.02. The number of carbonyl (C=O) groups excluding carboxylic acids is 1. The van der Waals surface area contributed by atoms with E-state index in [0.717, 1.165) is 15.9 Å². The minimum atomic E-state index is 0.0941. The van der Waals surface area contributed by atoms with Crippen LogP contribution in [-0.2, 0) is 0 Å². The highest BCUT2D eigenvalue weighted by molar-refractivity contribution is 9.10. The Bertz CT molecular complexity index is 369. The molecule has 1 aliphatic heterocycles. The number of carbonyl (C=O) groups is 1. The van der Waals surface area contributed by atoms with E-state index in [1.807, 2.05) is 16.3 Å². The lowest BCUT2D eigenvalue weighted by Gasteiger charge is -2.14. The number of hydrogen-bond acceptors (Lipinski definition) is 3. The van der Waals surface area contributed by atoms with E-state index in [1.165, 1.54) is 11.3 Å². The lowest BCUT2D eigenvalue weighted by atomic mass is 10.1. The van der Waals surface area contributed by atoms with Crippen molar-refractivity contribution in [2.45, 2.75) is 13.0 Å². The summed E-state index contributed by atoms with van der Waals surface area (Å²) in [6.07, 6.45) is 0. The first-order chi connectivity index (χ1) is 7.09. The summed E-state index contributed by atoms with van der Waals surface area (Å²) < 4.78 is 0.880. The van der Waals surface area contributed by atoms with Gasteiger partial charge in [0.05, 0.1) is 0 Å². The van der Waals surface area contributed by atoms with Gasteiger partial charge in [0.15, 0.2) is 0 Å². The summed E-state index contributed by atoms with van der Waals surface area (Å²) in [5.74, 6) is 0.490. The van der Waals surface area contributed by atoms with Gasteiger partial charge in [-0.05, 0) is 33.3 Å². The fourth-order valence-electron chi connectivity index (χ4n) is 1.75. The number of nitrogens with two attached hydrogens (primary N) is 1. The van der Waals surface area contributed by atoms with Gasteiger partial charge in [0.1, 0.15) is 4.88 Å². The highest BCUT2D eigenvalue weighted by Gasteiger charge is 2.31. The smallest absolute Gasteiger partial charge is 0.265 e. The number of likely N-dealkylation sites (tertiary alicyclic amines) is 1. The lowest BCUT2D eigenvalue weighted by Crippen LogP contribution is -2.31. The SMILES string of the molecule is CC1CN(C(=O)c2sccc2Br)CC1N. The molecule has 3 nitrogen and oxygen atoms in total. The summed E-state index contributed by atoms with van der Waals surface area (Å²) in [6.45, 7) is 3.52. The van der Waals surface area contributed by atoms with E-state index in [4.69, 9.17) is 5.73 Å². The van der Waals surface area contributed by atoms with E-state index in [-0.39, 0.29) is 11.9 Å². The molecule has 5 heteroatoms. The molecule has 2 unspecified atom stereocenters. The summed E-state index contributed by atoms with van der Waals surface area (Å²) in [7, 11) is 0. The molecule has 1 amide bonds. The predicted molar refractivity (Wildman–Crippen MR) is 65.1 cm³/mol. The molecule has 2 rings (SSSR count). The monoisotopic (exact) mass is 288 g/mol. The fraction of sp³-hybridized carbons (Fsp3) is 0.500. The minimum absolute atomic E-state index is 0.0941. The van der Waals surface area contributed by atoms with Crippen molar-refractivity contribution in [3.63, 3.8) is 0 Å². The van der Waals surface area contributed by atoms with E-state index < -0.39 is 0 Å². The van der Waals surface area contributed by atoms with Crippen LogP contribution < -0.4 is 5.73 Å². The Labute approximate surface area is 101 Å². The predicted octanol–water partition coefficient (Wildman–Crippen LogP) is 1.93. The van der Waals surface area contributed by atoms with Gasteiger partial charge in [0.2, 0.25) is 0 Å². The molecule has 1 aromatic heterocycles. The molecular formula is C10H13BrN2OS. The summed E-state index contributed by atoms with van der Waals surface area (Å²) in [4.78, 5) is 14.7. The standard InChI is InChI=1S/C10H13BrN2OS/c1-6-4-13(5-8(6)12)10(14)9-7(11)2-3-15-9/h2-3,6,8H,4-5,12H2,1H3. The molecule has 0 radical (unpaired) electrons. The van der Waals surface area contributed by atoms with Gasteiger partial charge in [-0.1, -0.05) is 6.92 Å². The van der Waals surface area contributed by atoms with Crippen molar-refractivity contribution >= 4 is 33.2 Å². The van der Waals surface area contributed by atoms with Gasteiger partial charge in [-0.3, -0.25) is 4.79 Å². The van der Waals surface area contributed by atoms with Crippen LogP contribution in [-0.4, -0.2) is 29.9 Å². The highest BCUT2D eigenvalue weighted by Crippen LogP contribution is 2.26. The van der Waals surface area contributed by atoms with Crippen LogP contribution in [0.1, 0.15) is 16.6 Å². The molecule has 0 aliphatic carbocycles. The molecule has 2 heterocycles. The number of nitrogens with zero attached hydrogens (tertiary/aromatic N) is 1. The van der Waals surface area contributed by atoms with Gasteiger partial charge < -0.3 is 10.6 Å². The Kier molecular flexibility index (Phi) is 3.13. The van der Waals surface area contributed by atoms with E-state index in [2.05, 4.69) is 22.9 Å². The Morgan fingerprint density at radius 2 is 2.40 bits per heavy atom. The Morgan fingerprint density at radius 1 is 1.67 bits per heavy atom. The summed E-state index contributed by atoms with van der Waals surface area (Å²) in [5, 5.41) is 1.91. The van der Waals surface area contributed by atoms with Crippen molar-refractivity contribution in [2.75, 3.05) is 13.1 Å². The first-order valence-corrected chi connectivity index (χ1v) is 6.54. The third-order valence-electron chi connectivity index (χ3n) is 2.77. The number of halogens is 1. The molecular weight excluding hydrogens is 276 g/mol. The topological polar surface area (TPSA) is 46.3 Å². The van der Waals surface area contributed by atoms with Crippen molar-refractivity contribution in [2.24, 2.45) is 11.7 Å². The Hall–Kier alpha value is -0.390. The van der Waals surface area contributed by atoms with Crippen LogP contribution in [0.5, 0.6) is 0 Å². The normalized spacial score (nSPS) is 25.9. The van der Waals surface area contributed by atoms with E-state index in [0.29, 0.717) is 12.5 Å². The Balaban J connectivity index is 2.13. The molecule has 2 atom stereocenters. The zero-order valence-electron chi connectivity index (χ0n) is 8.44. The van der Waals surface area contributed by atoms with Crippen LogP contribution >= 0.6 is 27.3 Å². The highest BCUT2D eigenvalue weighted by atomic mass is 79.9. The average molecular weight is 289 g/mol. The number of thiophene rings is 1. The molecule has 0 aromatic carbocycles. The molecule has 0 spiro atoms. The lowest BCUT2D eigenvalue weighted by molar-refractivity contribution is 0.0791. The van der Waals surface area contributed by atoms with Crippen LogP contribution in [0.3, 0.4) is 0 Å². The first kappa shape index (κ1) is 11.1. The molecule has 1 saturated heterocycles. The van der Waals surface area contributed by atoms with Crippen LogP contribution in [0, 0.1) is 5.92 Å². The molecule has 2 N–H and O–H groups in total. The molecule has 1 aromatic rings. The van der Waals surface area contributed by atoms with Gasteiger partial charge in [-0.2, -0.15) is 0 Å². The first-order valence-electron chi connectivity index (χ1n) is 4.87. The second kappa shape index (κ2) is 4.23. The van der Waals surface area contributed by atoms with Crippen molar-refractivity contribution in [3.05, 3.63) is 20.8 Å². The molecule has 15 heavy (non-hydrogen) atoms. The van der Waals surface area contributed by atoms with Gasteiger partial charge in [-0.25, -0.2) is 0 Å². The molecule has 82 valence electrons. The van der Waals surface area contributed by atoms with Crippen LogP contribution in [0.2, 0.25) is 0 Å². The van der Waals surface area contributed by atoms with Crippen molar-refractivity contribution in [1.82, 2.24) is 4.90 Å². The summed E-state index contributed by atoms with van der Waals surface area (Å²) in [5.41, 5.74) is 5.90. The molecule has 1 aliphatic rings. The number of hydrogen-bond donors (Lipinski definition) is 1. The van der Waals surface area contributed by atoms with E-state index in [9.17, 15) is 4.79 Å². The average Bonchev–Trinajstić information content (AvgIpc) is 2.74.